The van der Waals surface area contributed by atoms with Crippen LogP contribution in [0.3, 0.4) is 0 Å². The molecule has 0 spiro atoms. The van der Waals surface area contributed by atoms with Crippen LogP contribution in [0.5, 0.6) is 0 Å². The van der Waals surface area contributed by atoms with Crippen LogP contribution >= 0.6 is 0 Å². The van der Waals surface area contributed by atoms with Gasteiger partial charge in [-0.25, -0.2) is 4.98 Å². The first kappa shape index (κ1) is 17.9. The van der Waals surface area contributed by atoms with E-state index in [1.165, 1.54) is 66.3 Å². The Hall–Kier alpha value is -1.89. The fraction of sp³-hybridized carbons (Fsp3) is 0.458. The maximum atomic E-state index is 5.22. The summed E-state index contributed by atoms with van der Waals surface area (Å²) in [6, 6.07) is 2.36. The molecule has 2 aromatic carbocycles. The molecule has 0 unspecified atom stereocenters. The average Bonchev–Trinajstić information content (AvgIpc) is 2.53. The van der Waals surface area contributed by atoms with Crippen LogP contribution in [0, 0.1) is 48.5 Å². The molecule has 0 fully saturated rings. The van der Waals surface area contributed by atoms with Crippen molar-refractivity contribution in [3.05, 3.63) is 50.6 Å². The van der Waals surface area contributed by atoms with Crippen molar-refractivity contribution in [2.45, 2.75) is 74.7 Å². The average molecular weight is 334 g/mol. The predicted molar refractivity (Wildman–Crippen MR) is 111 cm³/mol. The van der Waals surface area contributed by atoms with Crippen molar-refractivity contribution in [3.63, 3.8) is 0 Å². The van der Waals surface area contributed by atoms with Gasteiger partial charge in [-0.05, 0) is 104 Å². The van der Waals surface area contributed by atoms with Crippen molar-refractivity contribution in [2.75, 3.05) is 0 Å². The highest BCUT2D eigenvalue weighted by molar-refractivity contribution is 6.03. The van der Waals surface area contributed by atoms with E-state index in [1.807, 2.05) is 0 Å². The number of nitrogens with zero attached hydrogens (tertiary/aromatic N) is 1. The summed E-state index contributed by atoms with van der Waals surface area (Å²) in [5, 5.41) is 2.69. The Bertz CT molecular complexity index is 1030. The Morgan fingerprint density at radius 3 is 1.72 bits per heavy atom. The van der Waals surface area contributed by atoms with Gasteiger partial charge in [0.2, 0.25) is 0 Å². The topological polar surface area (TPSA) is 12.9 Å². The summed E-state index contributed by atoms with van der Waals surface area (Å²) < 4.78 is 0. The second-order valence-corrected chi connectivity index (χ2v) is 8.80. The summed E-state index contributed by atoms with van der Waals surface area (Å²) in [6.07, 6.45) is 0. The lowest BCUT2D eigenvalue weighted by Crippen LogP contribution is -2.15. The van der Waals surface area contributed by atoms with Gasteiger partial charge in [-0.15, -0.1) is 0 Å². The highest BCUT2D eigenvalue weighted by atomic mass is 14.7. The van der Waals surface area contributed by atoms with Gasteiger partial charge in [0.05, 0.1) is 11.0 Å². The molecule has 0 aliphatic rings. The quantitative estimate of drug-likeness (QED) is 0.410. The van der Waals surface area contributed by atoms with E-state index >= 15 is 0 Å². The molecule has 1 heteroatoms. The Balaban J connectivity index is 2.77. The van der Waals surface area contributed by atoms with Gasteiger partial charge in [0.15, 0.2) is 0 Å². The Kier molecular flexibility index (Phi) is 3.98. The summed E-state index contributed by atoms with van der Waals surface area (Å²) in [5.74, 6) is 0. The third-order valence-corrected chi connectivity index (χ3v) is 6.27. The molecule has 0 atom stereocenters. The minimum absolute atomic E-state index is 0.0620. The minimum atomic E-state index is 0.0620. The summed E-state index contributed by atoms with van der Waals surface area (Å²) in [5.41, 5.74) is 13.4. The van der Waals surface area contributed by atoms with Gasteiger partial charge >= 0.3 is 0 Å². The van der Waals surface area contributed by atoms with Crippen molar-refractivity contribution >= 4 is 21.8 Å². The Morgan fingerprint density at radius 1 is 0.640 bits per heavy atom. The highest BCUT2D eigenvalue weighted by Crippen LogP contribution is 2.41. The van der Waals surface area contributed by atoms with E-state index in [0.29, 0.717) is 0 Å². The molecule has 0 radical (unpaired) electrons. The number of pyridine rings is 1. The maximum absolute atomic E-state index is 5.22. The van der Waals surface area contributed by atoms with E-state index in [-0.39, 0.29) is 5.41 Å². The monoisotopic (exact) mass is 333 g/mol. The van der Waals surface area contributed by atoms with Crippen molar-refractivity contribution in [1.82, 2.24) is 4.98 Å². The second kappa shape index (κ2) is 5.56. The smallest absolute Gasteiger partial charge is 0.0747 e. The number of fused-ring (bicyclic) bond motifs is 2. The van der Waals surface area contributed by atoms with Crippen LogP contribution in [-0.4, -0.2) is 4.98 Å². The lowest BCUT2D eigenvalue weighted by atomic mass is 9.78. The molecule has 0 amide bonds. The third kappa shape index (κ3) is 2.47. The Morgan fingerprint density at radius 2 is 1.16 bits per heavy atom. The van der Waals surface area contributed by atoms with Gasteiger partial charge in [0, 0.05) is 10.8 Å². The minimum Gasteiger partial charge on any atom is -0.247 e. The van der Waals surface area contributed by atoms with Gasteiger partial charge in [-0.2, -0.15) is 0 Å². The van der Waals surface area contributed by atoms with Crippen LogP contribution in [0.25, 0.3) is 21.8 Å². The summed E-state index contributed by atoms with van der Waals surface area (Å²) in [6.45, 7) is 22.6. The number of benzene rings is 2. The second-order valence-electron chi connectivity index (χ2n) is 8.80. The SMILES string of the molecule is Cc1cc2c(C(C)(C)C)c3c(C)c(C)c(C)c(C)c3nc2c(C)c1C. The van der Waals surface area contributed by atoms with Gasteiger partial charge in [0.1, 0.15) is 0 Å². The van der Waals surface area contributed by atoms with E-state index < -0.39 is 0 Å². The van der Waals surface area contributed by atoms with Gasteiger partial charge < -0.3 is 0 Å². The third-order valence-electron chi connectivity index (χ3n) is 6.27. The molecule has 0 bridgehead atoms. The zero-order chi connectivity index (χ0) is 18.8. The molecular weight excluding hydrogens is 302 g/mol. The highest BCUT2D eigenvalue weighted by Gasteiger charge is 2.25. The summed E-state index contributed by atoms with van der Waals surface area (Å²) in [4.78, 5) is 5.22. The summed E-state index contributed by atoms with van der Waals surface area (Å²) in [7, 11) is 0. The van der Waals surface area contributed by atoms with Crippen LogP contribution in [0.15, 0.2) is 6.07 Å². The molecule has 0 aliphatic carbocycles. The number of rotatable bonds is 0. The molecule has 0 saturated heterocycles. The number of hydrogen-bond acceptors (Lipinski definition) is 1. The molecule has 0 aliphatic heterocycles. The molecule has 0 saturated carbocycles. The molecule has 3 aromatic rings. The molecule has 3 rings (SSSR count). The van der Waals surface area contributed by atoms with Crippen LogP contribution in [-0.2, 0) is 5.41 Å². The molecule has 132 valence electrons. The van der Waals surface area contributed by atoms with Gasteiger partial charge in [-0.3, -0.25) is 0 Å². The number of aromatic nitrogens is 1. The Labute approximate surface area is 152 Å². The lowest BCUT2D eigenvalue weighted by Gasteiger charge is -2.27. The standard InChI is InChI=1S/C24H31N/c1-12-11-19-21(24(8,9)10)20-16(5)14(3)15(4)18(7)23(20)25-22(19)17(6)13(12)2/h11H,1-10H3. The van der Waals surface area contributed by atoms with E-state index in [0.717, 1.165) is 0 Å². The van der Waals surface area contributed by atoms with Crippen molar-refractivity contribution < 1.29 is 0 Å². The molecule has 25 heavy (non-hydrogen) atoms. The summed E-state index contributed by atoms with van der Waals surface area (Å²) >= 11 is 0. The molecule has 1 aromatic heterocycles. The van der Waals surface area contributed by atoms with Gasteiger partial charge in [-0.1, -0.05) is 20.8 Å². The van der Waals surface area contributed by atoms with E-state index in [4.69, 9.17) is 4.98 Å². The van der Waals surface area contributed by atoms with Crippen LogP contribution in [0.1, 0.15) is 65.3 Å². The van der Waals surface area contributed by atoms with Crippen LogP contribution < -0.4 is 0 Å². The maximum Gasteiger partial charge on any atom is 0.0747 e. The lowest BCUT2D eigenvalue weighted by molar-refractivity contribution is 0.600. The van der Waals surface area contributed by atoms with E-state index in [2.05, 4.69) is 75.3 Å². The molecular formula is C24H31N. The van der Waals surface area contributed by atoms with E-state index in [1.54, 1.807) is 0 Å². The first-order valence-corrected chi connectivity index (χ1v) is 9.27. The molecule has 1 nitrogen and oxygen atoms in total. The van der Waals surface area contributed by atoms with E-state index in [9.17, 15) is 0 Å². The first-order chi connectivity index (χ1) is 11.5. The zero-order valence-corrected chi connectivity index (χ0v) is 17.5. The molecule has 0 N–H and O–H groups in total. The number of aryl methyl sites for hydroxylation is 4. The largest absolute Gasteiger partial charge is 0.247 e. The fourth-order valence-corrected chi connectivity index (χ4v) is 4.17. The van der Waals surface area contributed by atoms with Gasteiger partial charge in [0.25, 0.3) is 0 Å². The molecule has 1 heterocycles. The number of hydrogen-bond donors (Lipinski definition) is 0. The zero-order valence-electron chi connectivity index (χ0n) is 17.5. The predicted octanol–water partition coefficient (Wildman–Crippen LogP) is 6.84. The normalized spacial score (nSPS) is 12.4. The van der Waals surface area contributed by atoms with Crippen molar-refractivity contribution in [3.8, 4) is 0 Å². The first-order valence-electron chi connectivity index (χ1n) is 9.27. The van der Waals surface area contributed by atoms with Crippen molar-refractivity contribution in [1.29, 1.82) is 0 Å². The van der Waals surface area contributed by atoms with Crippen LogP contribution in [0.2, 0.25) is 0 Å². The van der Waals surface area contributed by atoms with Crippen LogP contribution in [0.4, 0.5) is 0 Å². The fourth-order valence-electron chi connectivity index (χ4n) is 4.17. The van der Waals surface area contributed by atoms with Crippen molar-refractivity contribution in [2.24, 2.45) is 0 Å².